The van der Waals surface area contributed by atoms with Crippen LogP contribution in [0.5, 0.6) is 0 Å². The van der Waals surface area contributed by atoms with Crippen LogP contribution in [-0.2, 0) is 29.2 Å². The average Bonchev–Trinajstić information content (AvgIpc) is 3.31. The Morgan fingerprint density at radius 3 is 2.62 bits per heavy atom. The standard InChI is InChI=1S/C15H25NO7S/c1-4-12(15(18)23-9-13-8-22-13)7-10(2)14(17)16-11(3)5-6-24(19,20)21/h5,10,12-13H,4,6-9H2,1-3H3,(H,16,17)(H,19,20,21)/b11-5-/t10-,12+,13?/m0/s1. The van der Waals surface area contributed by atoms with Crippen LogP contribution in [0.4, 0.5) is 0 Å². The number of nitrogens with one attached hydrogen (secondary N) is 1. The topological polar surface area (TPSA) is 125 Å². The summed E-state index contributed by atoms with van der Waals surface area (Å²) in [5.74, 6) is -2.23. The Morgan fingerprint density at radius 1 is 1.50 bits per heavy atom. The Labute approximate surface area is 143 Å². The Kier molecular flexibility index (Phi) is 7.85. The van der Waals surface area contributed by atoms with Gasteiger partial charge in [-0.05, 0) is 19.8 Å². The lowest BCUT2D eigenvalue weighted by molar-refractivity contribution is -0.150. The summed E-state index contributed by atoms with van der Waals surface area (Å²) >= 11 is 0. The van der Waals surface area contributed by atoms with Gasteiger partial charge < -0.3 is 19.3 Å². The lowest BCUT2D eigenvalue weighted by Crippen LogP contribution is -2.31. The molecule has 24 heavy (non-hydrogen) atoms. The van der Waals surface area contributed by atoms with Gasteiger partial charge in [-0.15, -0.1) is 0 Å². The zero-order valence-electron chi connectivity index (χ0n) is 15.1. The van der Waals surface area contributed by atoms with Crippen molar-refractivity contribution in [3.63, 3.8) is 0 Å². The molecular formula is C15H25NO7S. The largest absolute Gasteiger partial charge is 1.00 e. The first-order valence-corrected chi connectivity index (χ1v) is 9.39. The molecule has 1 heterocycles. The molecule has 0 saturated carbocycles. The van der Waals surface area contributed by atoms with Crippen molar-refractivity contribution in [2.45, 2.75) is 39.7 Å². The molecule has 1 N–H and O–H groups in total. The van der Waals surface area contributed by atoms with E-state index >= 15 is 0 Å². The second-order valence-corrected chi connectivity index (χ2v) is 7.38. The Bertz CT molecular complexity index is 587. The molecule has 1 rings (SSSR count). The van der Waals surface area contributed by atoms with Gasteiger partial charge in [0.05, 0.1) is 28.4 Å². The molecule has 0 bridgehead atoms. The second-order valence-electron chi connectivity index (χ2n) is 5.93. The number of amides is 1. The highest BCUT2D eigenvalue weighted by atomic mass is 32.2. The smallest absolute Gasteiger partial charge is 0.748 e. The third-order valence-corrected chi connectivity index (χ3v) is 4.21. The summed E-state index contributed by atoms with van der Waals surface area (Å²) in [6, 6.07) is 0. The fourth-order valence-corrected chi connectivity index (χ4v) is 2.47. The summed E-state index contributed by atoms with van der Waals surface area (Å²) in [6.07, 6.45) is 2.01. The third kappa shape index (κ3) is 8.42. The van der Waals surface area contributed by atoms with Crippen molar-refractivity contribution < 1.29 is 33.5 Å². The van der Waals surface area contributed by atoms with E-state index in [9.17, 15) is 22.6 Å². The number of rotatable bonds is 10. The van der Waals surface area contributed by atoms with Crippen molar-refractivity contribution in [3.8, 4) is 0 Å². The number of allylic oxidation sites excluding steroid dienone is 1. The fraction of sp³-hybridized carbons (Fsp3) is 0.733. The predicted octanol–water partition coefficient (Wildman–Crippen LogP) is 0.659. The van der Waals surface area contributed by atoms with E-state index in [1.54, 1.807) is 6.92 Å². The number of carbonyl (C=O) groups is 2. The van der Waals surface area contributed by atoms with E-state index in [0.29, 0.717) is 19.4 Å². The third-order valence-electron chi connectivity index (χ3n) is 3.64. The molecule has 1 amide bonds. The van der Waals surface area contributed by atoms with Gasteiger partial charge in [0.2, 0.25) is 5.91 Å². The van der Waals surface area contributed by atoms with Crippen LogP contribution in [0.1, 0.15) is 35.0 Å². The van der Waals surface area contributed by atoms with E-state index in [1.165, 1.54) is 6.92 Å². The monoisotopic (exact) mass is 363 g/mol. The molecule has 0 aliphatic carbocycles. The van der Waals surface area contributed by atoms with Crippen LogP contribution in [0.25, 0.3) is 0 Å². The van der Waals surface area contributed by atoms with Crippen molar-refractivity contribution in [2.75, 3.05) is 19.0 Å². The summed E-state index contributed by atoms with van der Waals surface area (Å²) in [7, 11) is -4.37. The quantitative estimate of drug-likeness (QED) is 0.343. The van der Waals surface area contributed by atoms with Crippen molar-refractivity contribution in [2.24, 2.45) is 11.8 Å². The lowest BCUT2D eigenvalue weighted by Gasteiger charge is -2.18. The van der Waals surface area contributed by atoms with Crippen LogP contribution >= 0.6 is 0 Å². The van der Waals surface area contributed by atoms with Crippen LogP contribution in [0.15, 0.2) is 11.8 Å². The number of epoxide rings is 1. The van der Waals surface area contributed by atoms with Gasteiger partial charge in [0.1, 0.15) is 12.7 Å². The molecule has 3 atom stereocenters. The summed E-state index contributed by atoms with van der Waals surface area (Å²) in [5, 5.41) is 2.53. The second kappa shape index (κ2) is 9.14. The fourth-order valence-electron chi connectivity index (χ4n) is 2.02. The van der Waals surface area contributed by atoms with Gasteiger partial charge in [0.25, 0.3) is 0 Å². The number of esters is 1. The maximum Gasteiger partial charge on any atom is 1.00 e. The Balaban J connectivity index is 0.00000576. The van der Waals surface area contributed by atoms with E-state index in [2.05, 4.69) is 5.32 Å². The molecule has 1 fully saturated rings. The minimum absolute atomic E-state index is 0. The molecule has 0 aromatic rings. The van der Waals surface area contributed by atoms with E-state index in [0.717, 1.165) is 6.08 Å². The molecule has 0 aromatic heterocycles. The maximum atomic E-state index is 12.1. The zero-order valence-corrected chi connectivity index (χ0v) is 14.9. The highest BCUT2D eigenvalue weighted by Crippen LogP contribution is 2.19. The summed E-state index contributed by atoms with van der Waals surface area (Å²) < 4.78 is 41.8. The molecule has 1 saturated heterocycles. The Hall–Kier alpha value is -1.45. The van der Waals surface area contributed by atoms with Gasteiger partial charge in [-0.2, -0.15) is 0 Å². The van der Waals surface area contributed by atoms with E-state index in [-0.39, 0.29) is 31.7 Å². The Morgan fingerprint density at radius 2 is 2.12 bits per heavy atom. The first kappa shape index (κ1) is 20.6. The van der Waals surface area contributed by atoms with Gasteiger partial charge in [-0.1, -0.05) is 19.9 Å². The molecule has 1 aliphatic heterocycles. The van der Waals surface area contributed by atoms with Gasteiger partial charge in [-0.25, -0.2) is 8.42 Å². The number of carbonyl (C=O) groups excluding carboxylic acids is 2. The van der Waals surface area contributed by atoms with Crippen molar-refractivity contribution >= 4 is 22.0 Å². The van der Waals surface area contributed by atoms with Crippen LogP contribution in [-0.4, -0.2) is 49.9 Å². The average molecular weight is 363 g/mol. The summed E-state index contributed by atoms with van der Waals surface area (Å²) in [6.45, 7) is 5.85. The maximum absolute atomic E-state index is 12.1. The normalized spacial score (nSPS) is 20.2. The SMILES string of the molecule is CC[C@H](C[C@H](C)C(=O)N/C(C)=C\CS(=O)(=O)[O-])C(=O)OCC1CO1.[H+]. The van der Waals surface area contributed by atoms with Crippen LogP contribution in [0.2, 0.25) is 0 Å². The molecule has 9 heteroatoms. The van der Waals surface area contributed by atoms with Crippen LogP contribution < -0.4 is 5.32 Å². The number of ether oxygens (including phenoxy) is 2. The molecular weight excluding hydrogens is 338 g/mol. The van der Waals surface area contributed by atoms with Gasteiger partial charge in [0.15, 0.2) is 0 Å². The van der Waals surface area contributed by atoms with Crippen molar-refractivity contribution in [3.05, 3.63) is 11.8 Å². The lowest BCUT2D eigenvalue weighted by atomic mass is 9.93. The zero-order chi connectivity index (χ0) is 18.3. The van der Waals surface area contributed by atoms with Gasteiger partial charge in [-0.3, -0.25) is 9.59 Å². The van der Waals surface area contributed by atoms with Gasteiger partial charge >= 0.3 is 7.40 Å². The van der Waals surface area contributed by atoms with Crippen LogP contribution in [0, 0.1) is 11.8 Å². The number of hydrogen-bond donors (Lipinski definition) is 1. The summed E-state index contributed by atoms with van der Waals surface area (Å²) in [4.78, 5) is 24.1. The predicted molar refractivity (Wildman–Crippen MR) is 85.8 cm³/mol. The molecule has 138 valence electrons. The molecule has 1 unspecified atom stereocenters. The van der Waals surface area contributed by atoms with Crippen molar-refractivity contribution in [1.29, 1.82) is 0 Å². The highest BCUT2D eigenvalue weighted by Gasteiger charge is 2.28. The number of hydrogen-bond acceptors (Lipinski definition) is 7. The first-order valence-electron chi connectivity index (χ1n) is 7.81. The molecule has 1 aliphatic rings. The van der Waals surface area contributed by atoms with E-state index in [4.69, 9.17) is 9.47 Å². The van der Waals surface area contributed by atoms with Crippen molar-refractivity contribution in [1.82, 2.24) is 5.32 Å². The molecule has 0 radical (unpaired) electrons. The van der Waals surface area contributed by atoms with Crippen LogP contribution in [0.3, 0.4) is 0 Å². The minimum atomic E-state index is -4.37. The first-order chi connectivity index (χ1) is 11.1. The van der Waals surface area contributed by atoms with Gasteiger partial charge in [0, 0.05) is 11.6 Å². The minimum Gasteiger partial charge on any atom is -0.748 e. The van der Waals surface area contributed by atoms with E-state index in [1.807, 2.05) is 6.92 Å². The van der Waals surface area contributed by atoms with E-state index < -0.39 is 27.7 Å². The molecule has 8 nitrogen and oxygen atoms in total. The molecule has 0 aromatic carbocycles. The summed E-state index contributed by atoms with van der Waals surface area (Å²) in [5.41, 5.74) is 0.285. The molecule has 0 spiro atoms. The highest BCUT2D eigenvalue weighted by molar-refractivity contribution is 7.85.